The second-order valence-corrected chi connectivity index (χ2v) is 4.02. The topological polar surface area (TPSA) is 85.4 Å². The molecule has 0 spiro atoms. The van der Waals surface area contributed by atoms with E-state index < -0.39 is 5.97 Å². The Morgan fingerprint density at radius 3 is 2.89 bits per heavy atom. The fourth-order valence-electron chi connectivity index (χ4n) is 1.62. The quantitative estimate of drug-likeness (QED) is 0.801. The molecule has 0 aliphatic carbocycles. The lowest BCUT2D eigenvalue weighted by molar-refractivity contribution is 0.0696. The van der Waals surface area contributed by atoms with Gasteiger partial charge < -0.3 is 15.6 Å². The summed E-state index contributed by atoms with van der Waals surface area (Å²) in [5, 5.41) is 8.90. The predicted octanol–water partition coefficient (Wildman–Crippen LogP) is 1.98. The van der Waals surface area contributed by atoms with E-state index in [9.17, 15) is 4.79 Å². The molecule has 1 aromatic carbocycles. The molecule has 5 heteroatoms. The number of aromatic carboxylic acids is 1. The van der Waals surface area contributed by atoms with E-state index in [-0.39, 0.29) is 5.56 Å². The van der Waals surface area contributed by atoms with Gasteiger partial charge in [0.05, 0.1) is 17.9 Å². The van der Waals surface area contributed by atoms with Crippen LogP contribution in [0.15, 0.2) is 42.7 Å². The molecule has 1 aromatic heterocycles. The van der Waals surface area contributed by atoms with Crippen LogP contribution >= 0.6 is 0 Å². The Morgan fingerprint density at radius 1 is 1.37 bits per heavy atom. The van der Waals surface area contributed by atoms with Crippen molar-refractivity contribution in [2.75, 3.05) is 12.3 Å². The van der Waals surface area contributed by atoms with Gasteiger partial charge in [-0.25, -0.2) is 4.79 Å². The fraction of sp³-hybridized carbons (Fsp3) is 0.143. The van der Waals surface area contributed by atoms with E-state index in [0.717, 1.165) is 5.56 Å². The molecule has 0 amide bonds. The third-order valence-corrected chi connectivity index (χ3v) is 2.63. The zero-order chi connectivity index (χ0) is 13.7. The maximum atomic E-state index is 10.9. The molecule has 0 saturated carbocycles. The van der Waals surface area contributed by atoms with E-state index in [2.05, 4.69) is 4.98 Å². The highest BCUT2D eigenvalue weighted by molar-refractivity contribution is 5.89. The summed E-state index contributed by atoms with van der Waals surface area (Å²) in [5.41, 5.74) is 7.38. The average molecular weight is 258 g/mol. The van der Waals surface area contributed by atoms with Gasteiger partial charge in [0.2, 0.25) is 0 Å². The van der Waals surface area contributed by atoms with Crippen LogP contribution in [0.5, 0.6) is 5.75 Å². The Morgan fingerprint density at radius 2 is 2.21 bits per heavy atom. The summed E-state index contributed by atoms with van der Waals surface area (Å²) in [6, 6.07) is 8.22. The fourth-order valence-corrected chi connectivity index (χ4v) is 1.62. The maximum Gasteiger partial charge on any atom is 0.335 e. The maximum absolute atomic E-state index is 10.9. The normalized spacial score (nSPS) is 10.1. The summed E-state index contributed by atoms with van der Waals surface area (Å²) in [6.45, 7) is 0.416. The number of carbonyl (C=O) groups is 1. The van der Waals surface area contributed by atoms with Gasteiger partial charge in [-0.1, -0.05) is 6.07 Å². The molecule has 0 aliphatic rings. The predicted molar refractivity (Wildman–Crippen MR) is 71.2 cm³/mol. The van der Waals surface area contributed by atoms with Crippen molar-refractivity contribution >= 4 is 11.7 Å². The monoisotopic (exact) mass is 258 g/mol. The lowest BCUT2D eigenvalue weighted by Crippen LogP contribution is -2.05. The van der Waals surface area contributed by atoms with Crippen LogP contribution in [0.2, 0.25) is 0 Å². The van der Waals surface area contributed by atoms with Crippen LogP contribution in [0.4, 0.5) is 5.69 Å². The molecule has 2 rings (SSSR count). The highest BCUT2D eigenvalue weighted by Crippen LogP contribution is 2.23. The minimum absolute atomic E-state index is 0.158. The molecule has 0 atom stereocenters. The van der Waals surface area contributed by atoms with Crippen molar-refractivity contribution in [2.24, 2.45) is 0 Å². The summed E-state index contributed by atoms with van der Waals surface area (Å²) < 4.78 is 5.52. The van der Waals surface area contributed by atoms with Crippen molar-refractivity contribution in [3.63, 3.8) is 0 Å². The number of anilines is 1. The zero-order valence-corrected chi connectivity index (χ0v) is 10.2. The summed E-state index contributed by atoms with van der Waals surface area (Å²) in [4.78, 5) is 14.9. The first-order chi connectivity index (χ1) is 9.16. The summed E-state index contributed by atoms with van der Waals surface area (Å²) in [7, 11) is 0. The van der Waals surface area contributed by atoms with Crippen molar-refractivity contribution in [1.82, 2.24) is 4.98 Å². The van der Waals surface area contributed by atoms with E-state index >= 15 is 0 Å². The average Bonchev–Trinajstić information content (AvgIpc) is 2.42. The molecule has 0 saturated heterocycles. The largest absolute Gasteiger partial charge is 0.491 e. The molecular formula is C14H14N2O3. The number of hydrogen-bond acceptors (Lipinski definition) is 4. The smallest absolute Gasteiger partial charge is 0.335 e. The number of rotatable bonds is 5. The molecule has 98 valence electrons. The molecule has 0 unspecified atom stereocenters. The lowest BCUT2D eigenvalue weighted by atomic mass is 10.2. The van der Waals surface area contributed by atoms with Gasteiger partial charge in [0, 0.05) is 18.8 Å². The summed E-state index contributed by atoms with van der Waals surface area (Å²) in [6.07, 6.45) is 4.16. The number of hydrogen-bond donors (Lipinski definition) is 2. The van der Waals surface area contributed by atoms with Crippen LogP contribution in [-0.2, 0) is 6.42 Å². The first-order valence-electron chi connectivity index (χ1n) is 5.81. The van der Waals surface area contributed by atoms with Gasteiger partial charge in [-0.05, 0) is 29.8 Å². The van der Waals surface area contributed by atoms with E-state index in [1.807, 2.05) is 12.1 Å². The Hall–Kier alpha value is -2.56. The second kappa shape index (κ2) is 5.86. The third kappa shape index (κ3) is 3.45. The molecule has 0 bridgehead atoms. The number of nitrogens with zero attached hydrogens (tertiary/aromatic N) is 1. The first kappa shape index (κ1) is 12.9. The van der Waals surface area contributed by atoms with Crippen molar-refractivity contribution in [3.05, 3.63) is 53.9 Å². The number of nitrogens with two attached hydrogens (primary N) is 1. The van der Waals surface area contributed by atoms with Gasteiger partial charge in [-0.15, -0.1) is 0 Å². The van der Waals surface area contributed by atoms with Gasteiger partial charge in [0.1, 0.15) is 5.75 Å². The van der Waals surface area contributed by atoms with Crippen LogP contribution < -0.4 is 10.5 Å². The number of ether oxygens (including phenoxy) is 1. The van der Waals surface area contributed by atoms with Gasteiger partial charge in [0.25, 0.3) is 0 Å². The van der Waals surface area contributed by atoms with Crippen molar-refractivity contribution in [1.29, 1.82) is 0 Å². The lowest BCUT2D eigenvalue weighted by Gasteiger charge is -2.09. The molecular weight excluding hydrogens is 244 g/mol. The minimum atomic E-state index is -1.00. The SMILES string of the molecule is Nc1ccc(C(=O)O)cc1OCCc1cccnc1. The standard InChI is InChI=1S/C14H14N2O3/c15-12-4-3-11(14(17)18)8-13(12)19-7-5-10-2-1-6-16-9-10/h1-4,6,8-9H,5,7,15H2,(H,17,18). The van der Waals surface area contributed by atoms with Crippen molar-refractivity contribution in [3.8, 4) is 5.75 Å². The van der Waals surface area contributed by atoms with Crippen molar-refractivity contribution in [2.45, 2.75) is 6.42 Å². The number of benzene rings is 1. The molecule has 3 N–H and O–H groups in total. The van der Waals surface area contributed by atoms with Gasteiger partial charge >= 0.3 is 5.97 Å². The van der Waals surface area contributed by atoms with E-state index in [1.165, 1.54) is 18.2 Å². The Labute approximate surface area is 110 Å². The van der Waals surface area contributed by atoms with Crippen LogP contribution in [-0.4, -0.2) is 22.7 Å². The molecule has 0 radical (unpaired) electrons. The highest BCUT2D eigenvalue weighted by atomic mass is 16.5. The second-order valence-electron chi connectivity index (χ2n) is 4.02. The first-order valence-corrected chi connectivity index (χ1v) is 5.81. The van der Waals surface area contributed by atoms with Crippen LogP contribution in [0.25, 0.3) is 0 Å². The van der Waals surface area contributed by atoms with Gasteiger partial charge in [0.15, 0.2) is 0 Å². The van der Waals surface area contributed by atoms with E-state index in [4.69, 9.17) is 15.6 Å². The Balaban J connectivity index is 1.99. The number of nitrogen functional groups attached to an aromatic ring is 1. The minimum Gasteiger partial charge on any atom is -0.491 e. The molecule has 2 aromatic rings. The van der Waals surface area contributed by atoms with Gasteiger partial charge in [-0.3, -0.25) is 4.98 Å². The van der Waals surface area contributed by atoms with E-state index in [0.29, 0.717) is 24.5 Å². The molecule has 0 aliphatic heterocycles. The molecule has 19 heavy (non-hydrogen) atoms. The molecule has 1 heterocycles. The number of aromatic nitrogens is 1. The van der Waals surface area contributed by atoms with E-state index in [1.54, 1.807) is 12.4 Å². The number of pyridine rings is 1. The van der Waals surface area contributed by atoms with Crippen LogP contribution in [0.3, 0.4) is 0 Å². The van der Waals surface area contributed by atoms with Crippen molar-refractivity contribution < 1.29 is 14.6 Å². The number of carboxylic acid groups (broad SMARTS) is 1. The zero-order valence-electron chi connectivity index (χ0n) is 10.2. The number of carboxylic acids is 1. The molecule has 0 fully saturated rings. The summed E-state index contributed by atoms with van der Waals surface area (Å²) in [5.74, 6) is -0.610. The van der Waals surface area contributed by atoms with Crippen LogP contribution in [0.1, 0.15) is 15.9 Å². The third-order valence-electron chi connectivity index (χ3n) is 2.63. The Bertz CT molecular complexity index is 570. The Kier molecular flexibility index (Phi) is 3.97. The van der Waals surface area contributed by atoms with Crippen LogP contribution in [0, 0.1) is 0 Å². The highest BCUT2D eigenvalue weighted by Gasteiger charge is 2.07. The summed E-state index contributed by atoms with van der Waals surface area (Å²) >= 11 is 0. The molecule has 5 nitrogen and oxygen atoms in total. The van der Waals surface area contributed by atoms with Gasteiger partial charge in [-0.2, -0.15) is 0 Å².